The van der Waals surface area contributed by atoms with Gasteiger partial charge in [0.05, 0.1) is 5.71 Å². The summed E-state index contributed by atoms with van der Waals surface area (Å²) in [5.74, 6) is 4.92. The number of hydrogen-bond acceptors (Lipinski definition) is 2. The normalized spacial score (nSPS) is 17.5. The Morgan fingerprint density at radius 1 is 0.926 bits per heavy atom. The minimum Gasteiger partial charge on any atom is -0.281 e. The maximum Gasteiger partial charge on any atom is 0.244 e. The number of nitrogens with zero attached hydrogens (tertiary/aromatic N) is 1. The largest absolute Gasteiger partial charge is 0.281 e. The fraction of sp³-hybridized carbons (Fsp3) is 0.0833. The first-order valence-corrected chi connectivity index (χ1v) is 8.64. The smallest absolute Gasteiger partial charge is 0.244 e. The van der Waals surface area contributed by atoms with Crippen LogP contribution in [0.5, 0.6) is 0 Å². The van der Waals surface area contributed by atoms with Gasteiger partial charge in [0.1, 0.15) is 5.82 Å². The van der Waals surface area contributed by atoms with Crippen molar-refractivity contribution in [3.63, 3.8) is 0 Å². The molecule has 4 rings (SSSR count). The van der Waals surface area contributed by atoms with E-state index in [2.05, 4.69) is 16.8 Å². The van der Waals surface area contributed by atoms with Crippen LogP contribution in [0.3, 0.4) is 0 Å². The van der Waals surface area contributed by atoms with Gasteiger partial charge in [-0.15, -0.1) is 0 Å². The second-order valence-electron chi connectivity index (χ2n) is 6.49. The summed E-state index contributed by atoms with van der Waals surface area (Å²) in [7, 11) is 0. The summed E-state index contributed by atoms with van der Waals surface area (Å²) >= 11 is 0. The van der Waals surface area contributed by atoms with E-state index in [-0.39, 0.29) is 11.6 Å². The van der Waals surface area contributed by atoms with Crippen molar-refractivity contribution >= 4 is 11.5 Å². The Kier molecular flexibility index (Phi) is 4.18. The van der Waals surface area contributed by atoms with Gasteiger partial charge in [-0.3, -0.25) is 9.79 Å². The molecule has 0 saturated carbocycles. The average molecular weight is 353 g/mol. The highest BCUT2D eigenvalue weighted by atomic mass is 19.1. The van der Waals surface area contributed by atoms with Crippen molar-refractivity contribution in [1.82, 2.24) is 0 Å². The molecule has 3 aromatic rings. The quantitative estimate of drug-likeness (QED) is 0.640. The number of halogens is 1. The van der Waals surface area contributed by atoms with Gasteiger partial charge in [-0.2, -0.15) is 0 Å². The van der Waals surface area contributed by atoms with Crippen molar-refractivity contribution in [3.05, 3.63) is 107 Å². The molecule has 1 aliphatic heterocycles. The van der Waals surface area contributed by atoms with Crippen LogP contribution >= 0.6 is 0 Å². The highest BCUT2D eigenvalue weighted by Gasteiger charge is 2.55. The molecule has 3 aromatic carbocycles. The maximum atomic E-state index is 13.1. The molecule has 0 spiro atoms. The average Bonchev–Trinajstić information content (AvgIpc) is 3.46. The van der Waals surface area contributed by atoms with E-state index in [1.807, 2.05) is 61.5 Å². The molecule has 0 radical (unpaired) electrons. The molecule has 0 saturated heterocycles. The number of aliphatic imine (C=N–C) groups is 1. The highest BCUT2D eigenvalue weighted by molar-refractivity contribution is 6.33. The Balaban J connectivity index is 1.69. The fourth-order valence-corrected chi connectivity index (χ4v) is 3.05. The number of ketones is 1. The molecule has 2 nitrogen and oxygen atoms in total. The number of Topliss-reactive ketones (excluding diaryl/α,β-unsaturated/α-hetero) is 1. The standard InChI is InChI=1S/C24H16FNO/c1-17-7-12-19(13-8-17)23-24(26-23,20-5-3-2-4-6-20)22(27)16-11-18-9-14-21(25)15-10-18/h2-10,12-15H,1H3. The van der Waals surface area contributed by atoms with E-state index >= 15 is 0 Å². The third kappa shape index (κ3) is 3.18. The van der Waals surface area contributed by atoms with Crippen LogP contribution in [0.4, 0.5) is 4.39 Å². The lowest BCUT2D eigenvalue weighted by Crippen LogP contribution is -2.27. The van der Waals surface area contributed by atoms with Crippen molar-refractivity contribution in [3.8, 4) is 11.8 Å². The number of benzene rings is 3. The van der Waals surface area contributed by atoms with Gasteiger partial charge in [-0.1, -0.05) is 66.1 Å². The number of hydrogen-bond donors (Lipinski definition) is 0. The molecular formula is C24H16FNO. The summed E-state index contributed by atoms with van der Waals surface area (Å²) in [5, 5.41) is 0. The van der Waals surface area contributed by atoms with Gasteiger partial charge in [0.25, 0.3) is 0 Å². The Bertz CT molecular complexity index is 1090. The molecule has 1 atom stereocenters. The summed E-state index contributed by atoms with van der Waals surface area (Å²) in [6.45, 7) is 2.02. The van der Waals surface area contributed by atoms with Crippen LogP contribution in [-0.2, 0) is 10.3 Å². The lowest BCUT2D eigenvalue weighted by Gasteiger charge is -2.12. The van der Waals surface area contributed by atoms with Crippen LogP contribution in [0.2, 0.25) is 0 Å². The molecule has 27 heavy (non-hydrogen) atoms. The molecule has 0 amide bonds. The molecule has 130 valence electrons. The van der Waals surface area contributed by atoms with Crippen molar-refractivity contribution < 1.29 is 9.18 Å². The van der Waals surface area contributed by atoms with Crippen LogP contribution in [-0.4, -0.2) is 11.5 Å². The van der Waals surface area contributed by atoms with E-state index in [0.29, 0.717) is 5.56 Å². The van der Waals surface area contributed by atoms with Crippen LogP contribution in [0.1, 0.15) is 22.3 Å². The van der Waals surface area contributed by atoms with Crippen molar-refractivity contribution in [2.45, 2.75) is 12.5 Å². The lowest BCUT2D eigenvalue weighted by molar-refractivity contribution is -0.115. The van der Waals surface area contributed by atoms with Gasteiger partial charge in [0.15, 0.2) is 5.54 Å². The topological polar surface area (TPSA) is 29.4 Å². The third-order valence-electron chi connectivity index (χ3n) is 4.58. The molecule has 1 aliphatic rings. The second-order valence-corrected chi connectivity index (χ2v) is 6.49. The molecule has 0 bridgehead atoms. The first kappa shape index (κ1) is 16.9. The van der Waals surface area contributed by atoms with Crippen molar-refractivity contribution in [2.24, 2.45) is 4.99 Å². The van der Waals surface area contributed by atoms with Crippen LogP contribution in [0.15, 0.2) is 83.9 Å². The first-order chi connectivity index (χ1) is 13.1. The van der Waals surface area contributed by atoms with E-state index in [9.17, 15) is 9.18 Å². The van der Waals surface area contributed by atoms with Gasteiger partial charge in [0, 0.05) is 5.56 Å². The number of carbonyl (C=O) groups excluding carboxylic acids is 1. The van der Waals surface area contributed by atoms with E-state index in [1.165, 1.54) is 12.1 Å². The minimum absolute atomic E-state index is 0.284. The third-order valence-corrected chi connectivity index (χ3v) is 4.58. The summed E-state index contributed by atoms with van der Waals surface area (Å²) in [6.07, 6.45) is 0. The van der Waals surface area contributed by atoms with Gasteiger partial charge < -0.3 is 0 Å². The van der Waals surface area contributed by atoms with Crippen molar-refractivity contribution in [1.29, 1.82) is 0 Å². The molecular weight excluding hydrogens is 337 g/mol. The predicted octanol–water partition coefficient (Wildman–Crippen LogP) is 4.45. The molecule has 0 aromatic heterocycles. The van der Waals surface area contributed by atoms with Crippen LogP contribution in [0, 0.1) is 24.6 Å². The summed E-state index contributed by atoms with van der Waals surface area (Å²) < 4.78 is 13.0. The first-order valence-electron chi connectivity index (χ1n) is 8.64. The van der Waals surface area contributed by atoms with Crippen LogP contribution in [0.25, 0.3) is 0 Å². The number of aryl methyl sites for hydroxylation is 1. The van der Waals surface area contributed by atoms with E-state index in [1.54, 1.807) is 12.1 Å². The SMILES string of the molecule is Cc1ccc(C2=NC2(C(=O)C#Cc2ccc(F)cc2)c2ccccc2)cc1. The van der Waals surface area contributed by atoms with Gasteiger partial charge in [-0.25, -0.2) is 4.39 Å². The Morgan fingerprint density at radius 3 is 2.26 bits per heavy atom. The molecule has 0 N–H and O–H groups in total. The van der Waals surface area contributed by atoms with E-state index in [4.69, 9.17) is 0 Å². The summed E-state index contributed by atoms with van der Waals surface area (Å²) in [4.78, 5) is 17.6. The van der Waals surface area contributed by atoms with E-state index < -0.39 is 5.54 Å². The predicted molar refractivity (Wildman–Crippen MR) is 104 cm³/mol. The monoisotopic (exact) mass is 353 g/mol. The zero-order valence-electron chi connectivity index (χ0n) is 14.7. The van der Waals surface area contributed by atoms with E-state index in [0.717, 1.165) is 22.4 Å². The Morgan fingerprint density at radius 2 is 1.59 bits per heavy atom. The molecule has 1 heterocycles. The highest BCUT2D eigenvalue weighted by Crippen LogP contribution is 2.43. The minimum atomic E-state index is -1.05. The van der Waals surface area contributed by atoms with Crippen molar-refractivity contribution in [2.75, 3.05) is 0 Å². The second kappa shape index (κ2) is 6.66. The molecule has 1 unspecified atom stereocenters. The number of carbonyl (C=O) groups is 1. The van der Waals surface area contributed by atoms with Gasteiger partial charge in [-0.05, 0) is 48.2 Å². The fourth-order valence-electron chi connectivity index (χ4n) is 3.05. The zero-order chi connectivity index (χ0) is 18.9. The summed E-state index contributed by atoms with van der Waals surface area (Å²) in [6, 6.07) is 23.2. The Labute approximate surface area is 157 Å². The zero-order valence-corrected chi connectivity index (χ0v) is 14.7. The molecule has 0 aliphatic carbocycles. The molecule has 0 fully saturated rings. The van der Waals surface area contributed by atoms with Gasteiger partial charge >= 0.3 is 0 Å². The summed E-state index contributed by atoms with van der Waals surface area (Å²) in [5.41, 5.74) is 3.13. The van der Waals surface area contributed by atoms with Crippen LogP contribution < -0.4 is 0 Å². The Hall–Kier alpha value is -3.51. The maximum absolute atomic E-state index is 13.1. The number of rotatable bonds is 3. The molecule has 3 heteroatoms. The van der Waals surface area contributed by atoms with Gasteiger partial charge in [0.2, 0.25) is 5.78 Å². The lowest BCUT2D eigenvalue weighted by atomic mass is 9.86.